The van der Waals surface area contributed by atoms with Gasteiger partial charge in [0.1, 0.15) is 17.5 Å². The maximum atomic E-state index is 14.6. The molecule has 0 radical (unpaired) electrons. The van der Waals surface area contributed by atoms with Crippen molar-refractivity contribution in [3.8, 4) is 11.5 Å². The van der Waals surface area contributed by atoms with Gasteiger partial charge in [-0.2, -0.15) is 0 Å². The SMILES string of the molecule is C=CC[C@H](C(N)=O)[C@@H](CC(C)C)C(=O)NC1CN(c2ccccc2)c2ccccc2N(Cc2cccc(Oc3ccccc3)c2)C1=O. The minimum Gasteiger partial charge on any atom is -0.457 e. The molecule has 0 saturated heterocycles. The van der Waals surface area contributed by atoms with Gasteiger partial charge in [-0.3, -0.25) is 14.4 Å². The highest BCUT2D eigenvalue weighted by atomic mass is 16.5. The molecule has 242 valence electrons. The first-order chi connectivity index (χ1) is 22.7. The smallest absolute Gasteiger partial charge is 0.251 e. The van der Waals surface area contributed by atoms with Crippen LogP contribution in [0.4, 0.5) is 17.1 Å². The fourth-order valence-corrected chi connectivity index (χ4v) is 6.12. The summed E-state index contributed by atoms with van der Waals surface area (Å²) in [6, 6.07) is 33.8. The fraction of sp³-hybridized carbons (Fsp3) is 0.256. The fourth-order valence-electron chi connectivity index (χ4n) is 6.12. The van der Waals surface area contributed by atoms with E-state index in [-0.39, 0.29) is 37.2 Å². The average molecular weight is 631 g/mol. The monoisotopic (exact) mass is 630 g/mol. The standard InChI is InChI=1S/C39H42N4O4/c1-4-14-32(37(40)44)33(23-27(2)3)38(45)41-34-26-42(29-16-7-5-8-17-29)35-21-11-12-22-36(35)43(39(34)46)25-28-15-13-20-31(24-28)47-30-18-9-6-10-19-30/h4-13,15-22,24,27,32-34H,1,14,23,25-26H2,2-3H3,(H2,40,44)(H,41,45)/t32-,33+,34?/m0/s1. The number of hydrogen-bond acceptors (Lipinski definition) is 5. The molecule has 0 aliphatic carbocycles. The van der Waals surface area contributed by atoms with E-state index in [9.17, 15) is 14.4 Å². The topological polar surface area (TPSA) is 105 Å². The molecule has 0 fully saturated rings. The number of anilines is 3. The van der Waals surface area contributed by atoms with Gasteiger partial charge in [0.2, 0.25) is 11.8 Å². The molecule has 0 spiro atoms. The summed E-state index contributed by atoms with van der Waals surface area (Å²) in [6.07, 6.45) is 2.32. The second-order valence-corrected chi connectivity index (χ2v) is 12.3. The number of benzene rings is 4. The number of carbonyl (C=O) groups is 3. The van der Waals surface area contributed by atoms with Crippen LogP contribution in [0.5, 0.6) is 11.5 Å². The summed E-state index contributed by atoms with van der Waals surface area (Å²) in [5.74, 6) is -1.16. The molecule has 0 bridgehead atoms. The van der Waals surface area contributed by atoms with E-state index in [1.807, 2.05) is 123 Å². The summed E-state index contributed by atoms with van der Waals surface area (Å²) in [6.45, 7) is 8.20. The third-order valence-corrected chi connectivity index (χ3v) is 8.33. The van der Waals surface area contributed by atoms with Crippen LogP contribution in [0.3, 0.4) is 0 Å². The minimum atomic E-state index is -0.925. The summed E-state index contributed by atoms with van der Waals surface area (Å²) < 4.78 is 6.08. The van der Waals surface area contributed by atoms with Crippen molar-refractivity contribution in [2.75, 3.05) is 16.3 Å². The number of primary amides is 1. The number of ether oxygens (including phenoxy) is 1. The van der Waals surface area contributed by atoms with E-state index in [0.29, 0.717) is 23.6 Å². The lowest BCUT2D eigenvalue weighted by Crippen LogP contribution is -2.54. The maximum Gasteiger partial charge on any atom is 0.251 e. The van der Waals surface area contributed by atoms with E-state index in [2.05, 4.69) is 16.8 Å². The molecule has 0 saturated carbocycles. The van der Waals surface area contributed by atoms with Crippen LogP contribution in [0.1, 0.15) is 32.3 Å². The van der Waals surface area contributed by atoms with Gasteiger partial charge in [0.25, 0.3) is 5.91 Å². The van der Waals surface area contributed by atoms with Crippen molar-refractivity contribution in [1.82, 2.24) is 5.32 Å². The molecule has 3 N–H and O–H groups in total. The highest BCUT2D eigenvalue weighted by Crippen LogP contribution is 2.38. The Kier molecular flexibility index (Phi) is 10.7. The highest BCUT2D eigenvalue weighted by molar-refractivity contribution is 6.04. The predicted molar refractivity (Wildman–Crippen MR) is 186 cm³/mol. The summed E-state index contributed by atoms with van der Waals surface area (Å²) in [4.78, 5) is 45.0. The number of amides is 3. The van der Waals surface area contributed by atoms with Crippen molar-refractivity contribution in [3.63, 3.8) is 0 Å². The van der Waals surface area contributed by atoms with E-state index >= 15 is 0 Å². The highest BCUT2D eigenvalue weighted by Gasteiger charge is 2.39. The number of allylic oxidation sites excluding steroid dienone is 1. The Bertz CT molecular complexity index is 1690. The van der Waals surface area contributed by atoms with Crippen molar-refractivity contribution in [2.24, 2.45) is 23.5 Å². The van der Waals surface area contributed by atoms with E-state index in [0.717, 1.165) is 16.9 Å². The molecule has 4 aromatic carbocycles. The first-order valence-electron chi connectivity index (χ1n) is 16.0. The van der Waals surface area contributed by atoms with Gasteiger partial charge in [0.05, 0.1) is 36.3 Å². The third kappa shape index (κ3) is 8.08. The second kappa shape index (κ2) is 15.3. The normalized spacial score (nSPS) is 15.7. The zero-order valence-corrected chi connectivity index (χ0v) is 26.9. The summed E-state index contributed by atoms with van der Waals surface area (Å²) in [5.41, 5.74) is 9.08. The van der Waals surface area contributed by atoms with E-state index in [1.165, 1.54) is 0 Å². The quantitative estimate of drug-likeness (QED) is 0.155. The number of para-hydroxylation sites is 4. The van der Waals surface area contributed by atoms with Crippen LogP contribution in [0.15, 0.2) is 122 Å². The molecule has 1 aliphatic rings. The van der Waals surface area contributed by atoms with Gasteiger partial charge in [0, 0.05) is 5.69 Å². The van der Waals surface area contributed by atoms with Crippen LogP contribution in [0, 0.1) is 17.8 Å². The van der Waals surface area contributed by atoms with Gasteiger partial charge < -0.3 is 25.6 Å². The van der Waals surface area contributed by atoms with E-state index in [1.54, 1.807) is 11.0 Å². The number of nitrogens with zero attached hydrogens (tertiary/aromatic N) is 2. The lowest BCUT2D eigenvalue weighted by atomic mass is 9.82. The first kappa shape index (κ1) is 33.0. The van der Waals surface area contributed by atoms with Crippen molar-refractivity contribution in [2.45, 2.75) is 39.3 Å². The lowest BCUT2D eigenvalue weighted by Gasteiger charge is -2.30. The van der Waals surface area contributed by atoms with Crippen molar-refractivity contribution >= 4 is 34.8 Å². The Balaban J connectivity index is 1.52. The molecule has 3 atom stereocenters. The first-order valence-corrected chi connectivity index (χ1v) is 16.0. The molecule has 0 aromatic heterocycles. The van der Waals surface area contributed by atoms with Gasteiger partial charge in [-0.15, -0.1) is 6.58 Å². The van der Waals surface area contributed by atoms with Crippen molar-refractivity contribution in [3.05, 3.63) is 127 Å². The Morgan fingerprint density at radius 2 is 1.53 bits per heavy atom. The third-order valence-electron chi connectivity index (χ3n) is 8.33. The average Bonchev–Trinajstić information content (AvgIpc) is 3.18. The zero-order chi connectivity index (χ0) is 33.3. The van der Waals surface area contributed by atoms with Crippen LogP contribution < -0.4 is 25.6 Å². The number of rotatable bonds is 13. The Hall–Kier alpha value is -5.37. The molecule has 4 aromatic rings. The van der Waals surface area contributed by atoms with Gasteiger partial charge in [0.15, 0.2) is 0 Å². The molecule has 8 nitrogen and oxygen atoms in total. The van der Waals surface area contributed by atoms with E-state index < -0.39 is 23.8 Å². The molecule has 3 amide bonds. The second-order valence-electron chi connectivity index (χ2n) is 12.3. The van der Waals surface area contributed by atoms with Crippen LogP contribution in [0.2, 0.25) is 0 Å². The molecular formula is C39H42N4O4. The summed E-state index contributed by atoms with van der Waals surface area (Å²) in [5, 5.41) is 3.06. The van der Waals surface area contributed by atoms with Crippen LogP contribution in [-0.2, 0) is 20.9 Å². The Morgan fingerprint density at radius 3 is 2.19 bits per heavy atom. The summed E-state index contributed by atoms with van der Waals surface area (Å²) in [7, 11) is 0. The number of nitrogens with one attached hydrogen (secondary N) is 1. The van der Waals surface area contributed by atoms with Gasteiger partial charge in [-0.25, -0.2) is 0 Å². The molecule has 8 heteroatoms. The van der Waals surface area contributed by atoms with E-state index in [4.69, 9.17) is 10.5 Å². The Morgan fingerprint density at radius 1 is 0.894 bits per heavy atom. The van der Waals surface area contributed by atoms with Gasteiger partial charge in [-0.05, 0) is 72.9 Å². The Labute approximate surface area is 276 Å². The molecule has 47 heavy (non-hydrogen) atoms. The largest absolute Gasteiger partial charge is 0.457 e. The molecule has 5 rings (SSSR count). The summed E-state index contributed by atoms with van der Waals surface area (Å²) >= 11 is 0. The van der Waals surface area contributed by atoms with Crippen LogP contribution >= 0.6 is 0 Å². The van der Waals surface area contributed by atoms with Crippen molar-refractivity contribution < 1.29 is 19.1 Å². The minimum absolute atomic E-state index is 0.120. The number of carbonyl (C=O) groups excluding carboxylic acids is 3. The lowest BCUT2D eigenvalue weighted by molar-refractivity contribution is -0.135. The number of fused-ring (bicyclic) bond motifs is 1. The zero-order valence-electron chi connectivity index (χ0n) is 26.9. The maximum absolute atomic E-state index is 14.6. The van der Waals surface area contributed by atoms with Crippen LogP contribution in [0.25, 0.3) is 0 Å². The molecular weight excluding hydrogens is 588 g/mol. The predicted octanol–water partition coefficient (Wildman–Crippen LogP) is 6.99. The number of nitrogens with two attached hydrogens (primary N) is 1. The molecule has 1 heterocycles. The molecule has 1 unspecified atom stereocenters. The van der Waals surface area contributed by atoms with Gasteiger partial charge in [-0.1, -0.05) is 80.6 Å². The molecule has 1 aliphatic heterocycles. The van der Waals surface area contributed by atoms with Crippen LogP contribution in [-0.4, -0.2) is 30.3 Å². The number of hydrogen-bond donors (Lipinski definition) is 2. The van der Waals surface area contributed by atoms with Crippen molar-refractivity contribution in [1.29, 1.82) is 0 Å². The van der Waals surface area contributed by atoms with Gasteiger partial charge >= 0.3 is 0 Å².